The highest BCUT2D eigenvalue weighted by atomic mass is 16.5. The highest BCUT2D eigenvalue weighted by Gasteiger charge is 2.43. The van der Waals surface area contributed by atoms with Crippen LogP contribution in [0.5, 0.6) is 0 Å². The fraction of sp³-hybridized carbons (Fsp3) is 0.571. The number of anilines is 1. The van der Waals surface area contributed by atoms with E-state index in [1.54, 1.807) is 0 Å². The first-order valence-corrected chi connectivity index (χ1v) is 12.4. The molecule has 0 saturated carbocycles. The minimum atomic E-state index is 0.134. The molecule has 3 aliphatic rings. The van der Waals surface area contributed by atoms with Crippen molar-refractivity contribution in [3.63, 3.8) is 0 Å². The van der Waals surface area contributed by atoms with Crippen LogP contribution in [-0.4, -0.2) is 55.7 Å². The molecule has 1 unspecified atom stereocenters. The summed E-state index contributed by atoms with van der Waals surface area (Å²) in [5, 5.41) is 3.90. The summed E-state index contributed by atoms with van der Waals surface area (Å²) in [4.78, 5) is 5.03. The van der Waals surface area contributed by atoms with E-state index in [0.717, 1.165) is 39.1 Å². The van der Waals surface area contributed by atoms with Gasteiger partial charge in [0.1, 0.15) is 0 Å². The van der Waals surface area contributed by atoms with E-state index >= 15 is 0 Å². The molecule has 0 aliphatic carbocycles. The summed E-state index contributed by atoms with van der Waals surface area (Å²) in [6, 6.07) is 18.2. The van der Waals surface area contributed by atoms with E-state index in [4.69, 9.17) is 4.74 Å². The van der Waals surface area contributed by atoms with Crippen LogP contribution in [0.2, 0.25) is 0 Å². The van der Waals surface area contributed by atoms with Crippen molar-refractivity contribution in [2.24, 2.45) is 5.92 Å². The zero-order valence-electron chi connectivity index (χ0n) is 20.2. The lowest BCUT2D eigenvalue weighted by Crippen LogP contribution is -2.49. The van der Waals surface area contributed by atoms with Crippen LogP contribution < -0.4 is 5.32 Å². The predicted octanol–water partition coefficient (Wildman–Crippen LogP) is 5.23. The zero-order valence-corrected chi connectivity index (χ0v) is 20.2. The van der Waals surface area contributed by atoms with Crippen LogP contribution in [0.3, 0.4) is 0 Å². The number of rotatable bonds is 3. The van der Waals surface area contributed by atoms with Gasteiger partial charge in [-0.1, -0.05) is 63.2 Å². The molecule has 3 aliphatic heterocycles. The molecular formula is C28H39N3O. The van der Waals surface area contributed by atoms with Gasteiger partial charge in [-0.05, 0) is 42.5 Å². The quantitative estimate of drug-likeness (QED) is 0.717. The maximum Gasteiger partial charge on any atom is 0.0900 e. The van der Waals surface area contributed by atoms with Crippen molar-refractivity contribution < 1.29 is 4.74 Å². The summed E-state index contributed by atoms with van der Waals surface area (Å²) in [6.07, 6.45) is 2.83. The van der Waals surface area contributed by atoms with Crippen molar-refractivity contribution in [3.8, 4) is 0 Å². The lowest BCUT2D eigenvalue weighted by atomic mass is 9.75. The number of fused-ring (bicyclic) bond motifs is 3. The van der Waals surface area contributed by atoms with E-state index in [2.05, 4.69) is 91.5 Å². The lowest BCUT2D eigenvalue weighted by molar-refractivity contribution is -0.105. The molecule has 4 nitrogen and oxygen atoms in total. The molecule has 4 atom stereocenters. The summed E-state index contributed by atoms with van der Waals surface area (Å²) in [6.45, 7) is 12.6. The second kappa shape index (κ2) is 8.81. The average molecular weight is 434 g/mol. The Morgan fingerprint density at radius 1 is 0.969 bits per heavy atom. The second-order valence-corrected chi connectivity index (χ2v) is 11.1. The fourth-order valence-corrected chi connectivity index (χ4v) is 5.67. The molecular weight excluding hydrogens is 394 g/mol. The lowest BCUT2D eigenvalue weighted by Gasteiger charge is -2.47. The van der Waals surface area contributed by atoms with Crippen LogP contribution in [-0.2, 0) is 10.2 Å². The molecule has 2 saturated heterocycles. The molecule has 1 N–H and O–H groups in total. The first kappa shape index (κ1) is 21.9. The van der Waals surface area contributed by atoms with Crippen molar-refractivity contribution in [1.82, 2.24) is 9.80 Å². The van der Waals surface area contributed by atoms with E-state index in [0.29, 0.717) is 18.1 Å². The number of nitrogens with one attached hydrogen (secondary N) is 1. The minimum absolute atomic E-state index is 0.134. The Balaban J connectivity index is 1.43. The van der Waals surface area contributed by atoms with Gasteiger partial charge in [0, 0.05) is 49.9 Å². The number of likely N-dealkylation sites (N-methyl/N-ethyl adjacent to an activating group) is 1. The van der Waals surface area contributed by atoms with E-state index in [1.165, 1.54) is 28.8 Å². The molecule has 0 radical (unpaired) electrons. The number of ether oxygens (including phenoxy) is 1. The van der Waals surface area contributed by atoms with Gasteiger partial charge in [0.25, 0.3) is 0 Å². The van der Waals surface area contributed by atoms with Crippen LogP contribution in [0, 0.1) is 5.92 Å². The van der Waals surface area contributed by atoms with Crippen molar-refractivity contribution in [2.45, 2.75) is 57.3 Å². The van der Waals surface area contributed by atoms with Gasteiger partial charge in [0.05, 0.1) is 18.2 Å². The second-order valence-electron chi connectivity index (χ2n) is 11.1. The van der Waals surface area contributed by atoms with Crippen LogP contribution in [0.15, 0.2) is 48.5 Å². The Bertz CT molecular complexity index is 914. The predicted molar refractivity (Wildman–Crippen MR) is 132 cm³/mol. The number of hydrogen-bond donors (Lipinski definition) is 1. The highest BCUT2D eigenvalue weighted by molar-refractivity contribution is 5.59. The molecule has 4 heteroatoms. The summed E-state index contributed by atoms with van der Waals surface area (Å²) < 4.78 is 6.97. The fourth-order valence-electron chi connectivity index (χ4n) is 5.67. The van der Waals surface area contributed by atoms with Gasteiger partial charge in [-0.25, -0.2) is 0 Å². The molecule has 0 spiro atoms. The summed E-state index contributed by atoms with van der Waals surface area (Å²) in [5.41, 5.74) is 5.49. The largest absolute Gasteiger partial charge is 0.378 e. The molecule has 2 fully saturated rings. The summed E-state index contributed by atoms with van der Waals surface area (Å²) in [5.74, 6) is 0.462. The summed E-state index contributed by atoms with van der Waals surface area (Å²) in [7, 11) is 2.22. The highest BCUT2D eigenvalue weighted by Crippen LogP contribution is 2.51. The minimum Gasteiger partial charge on any atom is -0.378 e. The monoisotopic (exact) mass is 433 g/mol. The molecule has 172 valence electrons. The van der Waals surface area contributed by atoms with Gasteiger partial charge in [-0.15, -0.1) is 0 Å². The first-order chi connectivity index (χ1) is 15.4. The topological polar surface area (TPSA) is 27.7 Å². The number of benzene rings is 2. The average Bonchev–Trinajstić information content (AvgIpc) is 2.79. The molecule has 32 heavy (non-hydrogen) atoms. The third kappa shape index (κ3) is 4.46. The number of piperazine rings is 1. The van der Waals surface area contributed by atoms with Crippen molar-refractivity contribution in [3.05, 3.63) is 65.2 Å². The van der Waals surface area contributed by atoms with Gasteiger partial charge in [0.15, 0.2) is 0 Å². The Labute approximate surface area is 193 Å². The van der Waals surface area contributed by atoms with E-state index in [9.17, 15) is 0 Å². The molecule has 2 aromatic carbocycles. The standard InChI is InChI=1S/C28H39N3O/c1-28(2,3)21-10-13-25-24(18-21)27-23(26(29-25)20-8-6-5-7-9-20)12-11-22(32-27)19-31-16-14-30(4)15-17-31/h5-10,13,18,22-23,26-27,29H,11-12,14-17,19H2,1-4H3/t22?,23-,26-,27-/m0/s1. The molecule has 3 heterocycles. The maximum atomic E-state index is 6.97. The maximum absolute atomic E-state index is 6.97. The van der Waals surface area contributed by atoms with E-state index in [-0.39, 0.29) is 11.5 Å². The normalized spacial score (nSPS) is 29.1. The molecule has 0 bridgehead atoms. The smallest absolute Gasteiger partial charge is 0.0900 e. The Hall–Kier alpha value is -1.88. The van der Waals surface area contributed by atoms with Gasteiger partial charge in [0.2, 0.25) is 0 Å². The SMILES string of the molecule is CN1CCN(CC2CC[C@@H]3[C@H](O2)c2cc(C(C)(C)C)ccc2N[C@H]3c2ccccc2)CC1. The van der Waals surface area contributed by atoms with Crippen molar-refractivity contribution in [2.75, 3.05) is 45.1 Å². The van der Waals surface area contributed by atoms with Crippen LogP contribution >= 0.6 is 0 Å². The van der Waals surface area contributed by atoms with Gasteiger partial charge in [-0.3, -0.25) is 4.90 Å². The van der Waals surface area contributed by atoms with Crippen molar-refractivity contribution in [1.29, 1.82) is 0 Å². The van der Waals surface area contributed by atoms with E-state index < -0.39 is 0 Å². The van der Waals surface area contributed by atoms with Crippen LogP contribution in [0.1, 0.15) is 62.4 Å². The molecule has 0 aromatic heterocycles. The third-order valence-corrected chi connectivity index (χ3v) is 7.73. The molecule has 5 rings (SSSR count). The first-order valence-electron chi connectivity index (χ1n) is 12.4. The third-order valence-electron chi connectivity index (χ3n) is 7.73. The van der Waals surface area contributed by atoms with Gasteiger partial charge in [-0.2, -0.15) is 0 Å². The van der Waals surface area contributed by atoms with Gasteiger partial charge >= 0.3 is 0 Å². The Morgan fingerprint density at radius 2 is 1.72 bits per heavy atom. The Morgan fingerprint density at radius 3 is 2.44 bits per heavy atom. The van der Waals surface area contributed by atoms with Crippen LogP contribution in [0.4, 0.5) is 5.69 Å². The summed E-state index contributed by atoms with van der Waals surface area (Å²) >= 11 is 0. The zero-order chi connectivity index (χ0) is 22.3. The molecule has 0 amide bonds. The van der Waals surface area contributed by atoms with Gasteiger partial charge < -0.3 is 15.0 Å². The van der Waals surface area contributed by atoms with E-state index in [1.807, 2.05) is 0 Å². The molecule has 2 aromatic rings. The number of nitrogens with zero attached hydrogens (tertiary/aromatic N) is 2. The Kier molecular flexibility index (Phi) is 6.04. The van der Waals surface area contributed by atoms with Crippen molar-refractivity contribution >= 4 is 5.69 Å². The van der Waals surface area contributed by atoms with Crippen LogP contribution in [0.25, 0.3) is 0 Å². The number of hydrogen-bond acceptors (Lipinski definition) is 4.